The highest BCUT2D eigenvalue weighted by Gasteiger charge is 2.70. The number of hydrogen-bond acceptors (Lipinski definition) is 3. The number of carboxylic acid groups (broad SMARTS) is 1. The molecule has 0 heterocycles. The van der Waals surface area contributed by atoms with Gasteiger partial charge in [-0.2, -0.15) is 0 Å². The van der Waals surface area contributed by atoms with Crippen LogP contribution in [-0.4, -0.2) is 28.1 Å². The maximum Gasteiger partial charge on any atom is 0.309 e. The van der Waals surface area contributed by atoms with Crippen LogP contribution in [0.25, 0.3) is 0 Å². The van der Waals surface area contributed by atoms with Crippen molar-refractivity contribution in [2.75, 3.05) is 0 Å². The lowest BCUT2D eigenvalue weighted by Gasteiger charge is -2.70. The molecule has 0 aromatic carbocycles. The van der Waals surface area contributed by atoms with Crippen molar-refractivity contribution in [2.45, 2.75) is 112 Å². The molecule has 5 aliphatic carbocycles. The zero-order chi connectivity index (χ0) is 25.1. The quantitative estimate of drug-likeness (QED) is 0.464. The van der Waals surface area contributed by atoms with Crippen LogP contribution in [0.3, 0.4) is 0 Å². The predicted molar refractivity (Wildman–Crippen MR) is 133 cm³/mol. The normalized spacial score (nSPS) is 54.1. The summed E-state index contributed by atoms with van der Waals surface area (Å²) < 4.78 is 0. The molecule has 4 saturated carbocycles. The summed E-state index contributed by atoms with van der Waals surface area (Å²) in [6.45, 7) is 15.8. The van der Waals surface area contributed by atoms with Crippen molar-refractivity contribution in [3.8, 4) is 0 Å². The smallest absolute Gasteiger partial charge is 0.309 e. The lowest BCUT2D eigenvalue weighted by atomic mass is 9.33. The molecule has 0 spiro atoms. The topological polar surface area (TPSA) is 74.6 Å². The fraction of sp³-hybridized carbons (Fsp3) is 0.867. The van der Waals surface area contributed by atoms with Gasteiger partial charge in [0.2, 0.25) is 0 Å². The largest absolute Gasteiger partial charge is 0.481 e. The number of carbonyl (C=O) groups excluding carboxylic acids is 1. The van der Waals surface area contributed by atoms with Crippen molar-refractivity contribution in [3.63, 3.8) is 0 Å². The molecule has 0 aromatic rings. The molecule has 4 fully saturated rings. The first kappa shape index (κ1) is 24.5. The lowest BCUT2D eigenvalue weighted by molar-refractivity contribution is -0.202. The standard InChI is InChI=1S/C30H46O4/c1-25(2)21-8-11-30(7)23(28(21,5)10-9-22(25)32)20(31)16-18-19-17-27(4,24(33)34)13-12-26(19,3)14-15-29(18,30)6/h16,19,21-23,32H,8-15,17H2,1-7H3,(H,33,34)/t19-,21-,22-,23+,26+,27-,28-,29-,30+/m0/s1. The van der Waals surface area contributed by atoms with E-state index >= 15 is 0 Å². The van der Waals surface area contributed by atoms with Crippen LogP contribution in [0.4, 0.5) is 0 Å². The molecule has 190 valence electrons. The van der Waals surface area contributed by atoms with Crippen molar-refractivity contribution in [1.82, 2.24) is 0 Å². The number of carbonyl (C=O) groups is 2. The molecule has 0 aromatic heterocycles. The molecule has 0 amide bonds. The number of ketones is 1. The Morgan fingerprint density at radius 1 is 0.912 bits per heavy atom. The van der Waals surface area contributed by atoms with E-state index in [-0.39, 0.29) is 50.8 Å². The van der Waals surface area contributed by atoms with Crippen LogP contribution < -0.4 is 0 Å². The van der Waals surface area contributed by atoms with Gasteiger partial charge in [-0.3, -0.25) is 9.59 Å². The summed E-state index contributed by atoms with van der Waals surface area (Å²) in [6.07, 6.45) is 9.95. The highest BCUT2D eigenvalue weighted by molar-refractivity contribution is 5.95. The fourth-order valence-electron chi connectivity index (χ4n) is 10.4. The van der Waals surface area contributed by atoms with Gasteiger partial charge in [-0.15, -0.1) is 0 Å². The van der Waals surface area contributed by atoms with Crippen LogP contribution >= 0.6 is 0 Å². The van der Waals surface area contributed by atoms with Crippen LogP contribution in [0.1, 0.15) is 106 Å². The van der Waals surface area contributed by atoms with Gasteiger partial charge in [0.1, 0.15) is 0 Å². The highest BCUT2D eigenvalue weighted by Crippen LogP contribution is 2.75. The van der Waals surface area contributed by atoms with Crippen LogP contribution in [0.2, 0.25) is 0 Å². The minimum atomic E-state index is -0.711. The Balaban J connectivity index is 1.62. The van der Waals surface area contributed by atoms with E-state index in [9.17, 15) is 19.8 Å². The first-order valence-electron chi connectivity index (χ1n) is 13.7. The second-order valence-corrected chi connectivity index (χ2v) is 14.9. The number of rotatable bonds is 1. The molecular weight excluding hydrogens is 424 g/mol. The van der Waals surface area contributed by atoms with Crippen LogP contribution in [0.5, 0.6) is 0 Å². The highest BCUT2D eigenvalue weighted by atomic mass is 16.4. The molecule has 9 atom stereocenters. The molecule has 0 aliphatic heterocycles. The number of carboxylic acids is 1. The summed E-state index contributed by atoms with van der Waals surface area (Å²) >= 11 is 0. The molecule has 34 heavy (non-hydrogen) atoms. The summed E-state index contributed by atoms with van der Waals surface area (Å²) in [6, 6.07) is 0. The molecular formula is C30H46O4. The van der Waals surface area contributed by atoms with Gasteiger partial charge in [-0.25, -0.2) is 0 Å². The molecule has 0 bridgehead atoms. The SMILES string of the molecule is CC1(C)[C@@H](O)CC[C@]2(C)[C@H]3C(=O)C=C4[C@@H]5C[C@@](C)(C(=O)O)CC[C@]5(C)CC[C@]4(C)[C@]3(C)CC[C@@H]12. The predicted octanol–water partition coefficient (Wildman–Crippen LogP) is 6.41. The Kier molecular flexibility index (Phi) is 5.04. The molecule has 2 N–H and O–H groups in total. The van der Waals surface area contributed by atoms with Gasteiger partial charge in [-0.1, -0.05) is 47.1 Å². The monoisotopic (exact) mass is 470 g/mol. The van der Waals surface area contributed by atoms with E-state index in [2.05, 4.69) is 41.5 Å². The Morgan fingerprint density at radius 2 is 1.56 bits per heavy atom. The van der Waals surface area contributed by atoms with E-state index in [0.29, 0.717) is 12.3 Å². The van der Waals surface area contributed by atoms with Gasteiger partial charge in [0.25, 0.3) is 0 Å². The molecule has 5 rings (SSSR count). The number of hydrogen-bond donors (Lipinski definition) is 2. The van der Waals surface area contributed by atoms with Crippen LogP contribution in [0.15, 0.2) is 11.6 Å². The zero-order valence-corrected chi connectivity index (χ0v) is 22.5. The first-order chi connectivity index (χ1) is 15.6. The van der Waals surface area contributed by atoms with Crippen molar-refractivity contribution < 1.29 is 19.8 Å². The maximum atomic E-state index is 14.2. The van der Waals surface area contributed by atoms with Gasteiger partial charge in [0.05, 0.1) is 11.5 Å². The minimum Gasteiger partial charge on any atom is -0.481 e. The van der Waals surface area contributed by atoms with Crippen LogP contribution in [0, 0.1) is 50.2 Å². The van der Waals surface area contributed by atoms with Crippen molar-refractivity contribution in [3.05, 3.63) is 11.6 Å². The zero-order valence-electron chi connectivity index (χ0n) is 22.5. The number of aliphatic hydroxyl groups excluding tert-OH is 1. The van der Waals surface area contributed by atoms with Gasteiger partial charge in [0.15, 0.2) is 5.78 Å². The minimum absolute atomic E-state index is 0.0296. The van der Waals surface area contributed by atoms with E-state index in [1.54, 1.807) is 0 Å². The van der Waals surface area contributed by atoms with Crippen molar-refractivity contribution in [2.24, 2.45) is 50.2 Å². The Labute approximate surface area is 206 Å². The van der Waals surface area contributed by atoms with E-state index in [4.69, 9.17) is 0 Å². The van der Waals surface area contributed by atoms with Gasteiger partial charge in [0, 0.05) is 5.92 Å². The van der Waals surface area contributed by atoms with Crippen molar-refractivity contribution in [1.29, 1.82) is 0 Å². The Hall–Kier alpha value is -1.16. The van der Waals surface area contributed by atoms with E-state index in [0.717, 1.165) is 51.4 Å². The van der Waals surface area contributed by atoms with E-state index in [1.807, 2.05) is 13.0 Å². The summed E-state index contributed by atoms with van der Waals surface area (Å²) in [4.78, 5) is 26.4. The van der Waals surface area contributed by atoms with Gasteiger partial charge in [-0.05, 0) is 110 Å². The fourth-order valence-corrected chi connectivity index (χ4v) is 10.4. The van der Waals surface area contributed by atoms with Crippen molar-refractivity contribution >= 4 is 11.8 Å². The number of aliphatic carboxylic acids is 1. The first-order valence-corrected chi connectivity index (χ1v) is 13.7. The lowest BCUT2D eigenvalue weighted by Crippen LogP contribution is -2.66. The third kappa shape index (κ3) is 2.81. The Bertz CT molecular complexity index is 965. The van der Waals surface area contributed by atoms with E-state index in [1.165, 1.54) is 5.57 Å². The summed E-state index contributed by atoms with van der Waals surface area (Å²) in [5.74, 6) is 0.0603. The van der Waals surface area contributed by atoms with E-state index < -0.39 is 11.4 Å². The molecule has 0 radical (unpaired) electrons. The Morgan fingerprint density at radius 3 is 2.21 bits per heavy atom. The third-order valence-corrected chi connectivity index (χ3v) is 13.1. The maximum absolute atomic E-state index is 14.2. The van der Waals surface area contributed by atoms with Gasteiger partial charge < -0.3 is 10.2 Å². The van der Waals surface area contributed by atoms with Gasteiger partial charge >= 0.3 is 5.97 Å². The molecule has 4 heteroatoms. The second kappa shape index (κ2) is 6.99. The summed E-state index contributed by atoms with van der Waals surface area (Å²) in [5.41, 5.74) is 0.142. The number of allylic oxidation sites excluding steroid dienone is 2. The second-order valence-electron chi connectivity index (χ2n) is 14.9. The average molecular weight is 471 g/mol. The third-order valence-electron chi connectivity index (χ3n) is 13.1. The summed E-state index contributed by atoms with van der Waals surface area (Å²) in [7, 11) is 0. The summed E-state index contributed by atoms with van der Waals surface area (Å²) in [5, 5.41) is 20.9. The molecule has 0 unspecified atom stereocenters. The molecule has 5 aliphatic rings. The number of aliphatic hydroxyl groups is 1. The molecule has 0 saturated heterocycles. The average Bonchev–Trinajstić information content (AvgIpc) is 2.73. The van der Waals surface area contributed by atoms with Crippen LogP contribution in [-0.2, 0) is 9.59 Å². The molecule has 4 nitrogen and oxygen atoms in total. The number of fused-ring (bicyclic) bond motifs is 7.